The smallest absolute Gasteiger partial charge is 0.161 e. The number of nitrogens with zero attached hydrogens (tertiary/aromatic N) is 1. The first-order valence-electron chi connectivity index (χ1n) is 8.58. The van der Waals surface area contributed by atoms with Crippen LogP contribution in [0.25, 0.3) is 0 Å². The SMILES string of the molecule is CN1CCc2cc3c(cc2C1CCc1ccc(F)cc1)OCCO3.Cl. The molecule has 0 aromatic heterocycles. The highest BCUT2D eigenvalue weighted by Crippen LogP contribution is 2.40. The Labute approximate surface area is 154 Å². The summed E-state index contributed by atoms with van der Waals surface area (Å²) in [6, 6.07) is 11.5. The van der Waals surface area contributed by atoms with Gasteiger partial charge in [0.05, 0.1) is 0 Å². The third kappa shape index (κ3) is 3.75. The molecule has 0 fully saturated rings. The van der Waals surface area contributed by atoms with Crippen molar-refractivity contribution in [2.24, 2.45) is 0 Å². The predicted octanol–water partition coefficient (Wildman–Crippen LogP) is 4.18. The number of likely N-dealkylation sites (N-methyl/N-ethyl adjacent to an activating group) is 1. The summed E-state index contributed by atoms with van der Waals surface area (Å²) in [6.45, 7) is 2.28. The molecule has 0 spiro atoms. The zero-order chi connectivity index (χ0) is 16.5. The molecule has 1 atom stereocenters. The van der Waals surface area contributed by atoms with Crippen LogP contribution in [-0.2, 0) is 12.8 Å². The summed E-state index contributed by atoms with van der Waals surface area (Å²) >= 11 is 0. The van der Waals surface area contributed by atoms with Crippen LogP contribution >= 0.6 is 12.4 Å². The number of aryl methyl sites for hydroxylation is 1. The summed E-state index contributed by atoms with van der Waals surface area (Å²) in [6.07, 6.45) is 2.98. The summed E-state index contributed by atoms with van der Waals surface area (Å²) < 4.78 is 24.5. The van der Waals surface area contributed by atoms with Gasteiger partial charge in [0.15, 0.2) is 11.5 Å². The van der Waals surface area contributed by atoms with Crippen LogP contribution in [0, 0.1) is 5.82 Å². The van der Waals surface area contributed by atoms with Gasteiger partial charge in [0, 0.05) is 12.6 Å². The minimum absolute atomic E-state index is 0. The predicted molar refractivity (Wildman–Crippen MR) is 98.5 cm³/mol. The van der Waals surface area contributed by atoms with Crippen LogP contribution in [0.4, 0.5) is 4.39 Å². The van der Waals surface area contributed by atoms with Crippen LogP contribution < -0.4 is 9.47 Å². The number of ether oxygens (including phenoxy) is 2. The van der Waals surface area contributed by atoms with Gasteiger partial charge in [-0.05, 0) is 67.3 Å². The van der Waals surface area contributed by atoms with Gasteiger partial charge in [0.25, 0.3) is 0 Å². The molecule has 0 saturated heterocycles. The Balaban J connectivity index is 0.00000182. The monoisotopic (exact) mass is 363 g/mol. The van der Waals surface area contributed by atoms with Crippen LogP contribution in [0.3, 0.4) is 0 Å². The number of fused-ring (bicyclic) bond motifs is 2. The average molecular weight is 364 g/mol. The summed E-state index contributed by atoms with van der Waals surface area (Å²) in [5, 5.41) is 0. The molecule has 0 radical (unpaired) electrons. The first-order valence-corrected chi connectivity index (χ1v) is 8.58. The molecular weight excluding hydrogens is 341 g/mol. The Morgan fingerprint density at radius 3 is 2.48 bits per heavy atom. The number of hydrogen-bond donors (Lipinski definition) is 0. The normalized spacial score (nSPS) is 19.0. The second-order valence-electron chi connectivity index (χ2n) is 6.61. The van der Waals surface area contributed by atoms with E-state index in [-0.39, 0.29) is 18.2 Å². The highest BCUT2D eigenvalue weighted by Gasteiger charge is 2.27. The standard InChI is InChI=1S/C20H22FNO2.ClH/c1-22-9-8-15-12-19-20(24-11-10-23-19)13-17(15)18(22)7-4-14-2-5-16(21)6-3-14;/h2-3,5-6,12-13,18H,4,7-11H2,1H3;1H. The average Bonchev–Trinajstić information content (AvgIpc) is 2.61. The molecule has 0 bridgehead atoms. The van der Waals surface area contributed by atoms with Crippen molar-refractivity contribution >= 4 is 12.4 Å². The van der Waals surface area contributed by atoms with Crippen molar-refractivity contribution < 1.29 is 13.9 Å². The zero-order valence-corrected chi connectivity index (χ0v) is 15.2. The van der Waals surface area contributed by atoms with Crippen molar-refractivity contribution in [1.29, 1.82) is 0 Å². The van der Waals surface area contributed by atoms with Gasteiger partial charge in [-0.25, -0.2) is 4.39 Å². The molecule has 0 amide bonds. The Morgan fingerprint density at radius 2 is 1.76 bits per heavy atom. The van der Waals surface area contributed by atoms with Crippen molar-refractivity contribution in [3.63, 3.8) is 0 Å². The zero-order valence-electron chi connectivity index (χ0n) is 14.3. The van der Waals surface area contributed by atoms with Gasteiger partial charge < -0.3 is 9.47 Å². The van der Waals surface area contributed by atoms with Gasteiger partial charge in [-0.15, -0.1) is 12.4 Å². The second-order valence-corrected chi connectivity index (χ2v) is 6.61. The lowest BCUT2D eigenvalue weighted by Gasteiger charge is -2.36. The van der Waals surface area contributed by atoms with Gasteiger partial charge in [-0.2, -0.15) is 0 Å². The molecule has 2 aliphatic heterocycles. The fourth-order valence-corrected chi connectivity index (χ4v) is 3.69. The number of rotatable bonds is 3. The van der Waals surface area contributed by atoms with E-state index in [0.717, 1.165) is 37.3 Å². The quantitative estimate of drug-likeness (QED) is 0.816. The third-order valence-electron chi connectivity index (χ3n) is 5.05. The van der Waals surface area contributed by atoms with Crippen molar-refractivity contribution in [1.82, 2.24) is 4.90 Å². The van der Waals surface area contributed by atoms with Gasteiger partial charge in [0.2, 0.25) is 0 Å². The maximum Gasteiger partial charge on any atom is 0.161 e. The van der Waals surface area contributed by atoms with E-state index in [2.05, 4.69) is 24.1 Å². The molecule has 0 N–H and O–H groups in total. The summed E-state index contributed by atoms with van der Waals surface area (Å²) in [5.41, 5.74) is 3.88. The Morgan fingerprint density at radius 1 is 1.08 bits per heavy atom. The minimum atomic E-state index is -0.178. The fourth-order valence-electron chi connectivity index (χ4n) is 3.69. The Bertz CT molecular complexity index is 735. The van der Waals surface area contributed by atoms with Gasteiger partial charge in [0.1, 0.15) is 19.0 Å². The van der Waals surface area contributed by atoms with E-state index >= 15 is 0 Å². The van der Waals surface area contributed by atoms with Crippen molar-refractivity contribution in [3.05, 3.63) is 58.9 Å². The van der Waals surface area contributed by atoms with E-state index in [1.54, 1.807) is 0 Å². The Kier molecular flexibility index (Phi) is 5.50. The molecule has 2 heterocycles. The van der Waals surface area contributed by atoms with E-state index in [4.69, 9.17) is 9.47 Å². The summed E-state index contributed by atoms with van der Waals surface area (Å²) in [5.74, 6) is 1.56. The molecule has 0 saturated carbocycles. The first-order chi connectivity index (χ1) is 11.7. The second kappa shape index (κ2) is 7.63. The molecule has 25 heavy (non-hydrogen) atoms. The largest absolute Gasteiger partial charge is 0.486 e. The maximum atomic E-state index is 13.1. The van der Waals surface area contributed by atoms with Crippen LogP contribution in [-0.4, -0.2) is 31.7 Å². The van der Waals surface area contributed by atoms with Crippen molar-refractivity contribution in [2.45, 2.75) is 25.3 Å². The topological polar surface area (TPSA) is 21.7 Å². The van der Waals surface area contributed by atoms with Gasteiger partial charge in [-0.1, -0.05) is 12.1 Å². The molecule has 3 nitrogen and oxygen atoms in total. The molecule has 5 heteroatoms. The molecule has 2 aliphatic rings. The van der Waals surface area contributed by atoms with E-state index in [0.29, 0.717) is 19.3 Å². The lowest BCUT2D eigenvalue weighted by Crippen LogP contribution is -2.33. The fraction of sp³-hybridized carbons (Fsp3) is 0.400. The minimum Gasteiger partial charge on any atom is -0.486 e. The highest BCUT2D eigenvalue weighted by atomic mass is 35.5. The highest BCUT2D eigenvalue weighted by molar-refractivity contribution is 5.85. The van der Waals surface area contributed by atoms with Crippen molar-refractivity contribution in [3.8, 4) is 11.5 Å². The summed E-state index contributed by atoms with van der Waals surface area (Å²) in [4.78, 5) is 2.40. The van der Waals surface area contributed by atoms with Crippen LogP contribution in [0.15, 0.2) is 36.4 Å². The van der Waals surface area contributed by atoms with Crippen molar-refractivity contribution in [2.75, 3.05) is 26.8 Å². The lowest BCUT2D eigenvalue weighted by atomic mass is 9.88. The molecule has 0 aliphatic carbocycles. The molecule has 4 rings (SSSR count). The number of hydrogen-bond acceptors (Lipinski definition) is 3. The first kappa shape index (κ1) is 18.0. The molecular formula is C20H23ClFNO2. The van der Waals surface area contributed by atoms with E-state index in [9.17, 15) is 4.39 Å². The van der Waals surface area contributed by atoms with E-state index in [1.165, 1.54) is 28.8 Å². The molecule has 134 valence electrons. The molecule has 2 aromatic rings. The third-order valence-corrected chi connectivity index (χ3v) is 5.05. The lowest BCUT2D eigenvalue weighted by molar-refractivity contribution is 0.168. The van der Waals surface area contributed by atoms with Gasteiger partial charge >= 0.3 is 0 Å². The summed E-state index contributed by atoms with van der Waals surface area (Å²) in [7, 11) is 2.18. The number of benzene rings is 2. The Hall–Kier alpha value is -1.78. The van der Waals surface area contributed by atoms with E-state index in [1.807, 2.05) is 12.1 Å². The van der Waals surface area contributed by atoms with E-state index < -0.39 is 0 Å². The maximum absolute atomic E-state index is 13.1. The van der Waals surface area contributed by atoms with Crippen LogP contribution in [0.1, 0.15) is 29.2 Å². The molecule has 1 unspecified atom stereocenters. The molecule has 2 aromatic carbocycles. The van der Waals surface area contributed by atoms with Crippen LogP contribution in [0.5, 0.6) is 11.5 Å². The number of halogens is 2. The van der Waals surface area contributed by atoms with Gasteiger partial charge in [-0.3, -0.25) is 4.90 Å². The van der Waals surface area contributed by atoms with Crippen LogP contribution in [0.2, 0.25) is 0 Å².